The first-order chi connectivity index (χ1) is 8.89. The number of carbonyl (C=O) groups is 1. The Bertz CT molecular complexity index is 354. The average molecular weight is 286 g/mol. The van der Waals surface area contributed by atoms with Crippen molar-refractivity contribution in [3.63, 3.8) is 0 Å². The summed E-state index contributed by atoms with van der Waals surface area (Å²) < 4.78 is 10.7. The molecule has 20 heavy (non-hydrogen) atoms. The lowest BCUT2D eigenvalue weighted by Gasteiger charge is -2.49. The number of hydrogen-bond acceptors (Lipinski definition) is 4. The van der Waals surface area contributed by atoms with Gasteiger partial charge in [0.15, 0.2) is 11.9 Å². The summed E-state index contributed by atoms with van der Waals surface area (Å²) in [5, 5.41) is 10.9. The predicted octanol–water partition coefficient (Wildman–Crippen LogP) is 3.13. The van der Waals surface area contributed by atoms with Crippen LogP contribution in [0.15, 0.2) is 0 Å². The smallest absolute Gasteiger partial charge is 0.335 e. The second kappa shape index (κ2) is 5.64. The summed E-state index contributed by atoms with van der Waals surface area (Å²) in [6, 6.07) is 0. The minimum absolute atomic E-state index is 0.0581. The third-order valence-electron chi connectivity index (χ3n) is 4.49. The van der Waals surface area contributed by atoms with Crippen LogP contribution >= 0.6 is 0 Å². The zero-order valence-corrected chi connectivity index (χ0v) is 13.9. The topological polar surface area (TPSA) is 55.8 Å². The van der Waals surface area contributed by atoms with Gasteiger partial charge in [-0.1, -0.05) is 41.5 Å². The summed E-state index contributed by atoms with van der Waals surface area (Å²) in [4.78, 5) is 11.6. The monoisotopic (exact) mass is 286 g/mol. The Hall–Kier alpha value is -0.610. The van der Waals surface area contributed by atoms with Gasteiger partial charge in [0.2, 0.25) is 0 Å². The molecule has 3 unspecified atom stereocenters. The van der Waals surface area contributed by atoms with Crippen molar-refractivity contribution in [3.8, 4) is 0 Å². The maximum atomic E-state index is 11.6. The molecule has 1 saturated heterocycles. The largest absolute Gasteiger partial charge is 0.464 e. The fourth-order valence-electron chi connectivity index (χ4n) is 3.00. The first-order valence-corrected chi connectivity index (χ1v) is 7.46. The summed E-state index contributed by atoms with van der Waals surface area (Å²) in [6.07, 6.45) is 0.661. The van der Waals surface area contributed by atoms with E-state index in [0.717, 1.165) is 6.42 Å². The molecule has 3 atom stereocenters. The zero-order chi connectivity index (χ0) is 15.8. The Morgan fingerprint density at radius 1 is 1.30 bits per heavy atom. The highest BCUT2D eigenvalue weighted by Gasteiger charge is 2.51. The molecule has 4 nitrogen and oxygen atoms in total. The maximum Gasteiger partial charge on any atom is 0.335 e. The second-order valence-corrected chi connectivity index (χ2v) is 7.86. The number of cyclic esters (lactones) is 1. The minimum Gasteiger partial charge on any atom is -0.464 e. The van der Waals surface area contributed by atoms with Gasteiger partial charge in [-0.15, -0.1) is 0 Å². The molecule has 0 aliphatic carbocycles. The van der Waals surface area contributed by atoms with Gasteiger partial charge in [-0.25, -0.2) is 4.79 Å². The molecule has 1 fully saturated rings. The highest BCUT2D eigenvalue weighted by atomic mass is 16.7. The molecule has 0 aromatic carbocycles. The van der Waals surface area contributed by atoms with Gasteiger partial charge in [-0.05, 0) is 24.7 Å². The first-order valence-electron chi connectivity index (χ1n) is 7.46. The van der Waals surface area contributed by atoms with Gasteiger partial charge in [0.05, 0.1) is 6.61 Å². The highest BCUT2D eigenvalue weighted by Crippen LogP contribution is 2.48. The lowest BCUT2D eigenvalue weighted by Crippen LogP contribution is -2.53. The van der Waals surface area contributed by atoms with Crippen molar-refractivity contribution >= 4 is 5.97 Å². The summed E-state index contributed by atoms with van der Waals surface area (Å²) >= 11 is 0. The van der Waals surface area contributed by atoms with E-state index < -0.39 is 17.3 Å². The van der Waals surface area contributed by atoms with Crippen molar-refractivity contribution in [3.05, 3.63) is 0 Å². The summed E-state index contributed by atoms with van der Waals surface area (Å²) in [7, 11) is 0. The molecule has 1 N–H and O–H groups in total. The maximum absolute atomic E-state index is 11.6. The summed E-state index contributed by atoms with van der Waals surface area (Å²) in [5.41, 5.74) is -0.392. The minimum atomic E-state index is -1.37. The molecule has 4 heteroatoms. The Morgan fingerprint density at radius 2 is 1.85 bits per heavy atom. The second-order valence-electron chi connectivity index (χ2n) is 7.86. The van der Waals surface area contributed by atoms with Crippen molar-refractivity contribution in [1.29, 1.82) is 0 Å². The highest BCUT2D eigenvalue weighted by molar-refractivity contribution is 5.76. The molecule has 0 saturated carbocycles. The SMILES string of the molecule is CC(C)C(C)(CC(C)(C)C)C(C)(O)OC1CCOC1=O. The molecule has 1 aliphatic heterocycles. The van der Waals surface area contributed by atoms with E-state index in [9.17, 15) is 9.90 Å². The lowest BCUT2D eigenvalue weighted by atomic mass is 9.64. The molecule has 0 amide bonds. The Balaban J connectivity index is 2.96. The van der Waals surface area contributed by atoms with Crippen molar-refractivity contribution in [1.82, 2.24) is 0 Å². The number of rotatable bonds is 5. The molecular weight excluding hydrogens is 256 g/mol. The van der Waals surface area contributed by atoms with Crippen LogP contribution in [-0.2, 0) is 14.3 Å². The number of aliphatic hydroxyl groups is 1. The Labute approximate surface area is 122 Å². The molecule has 1 aliphatic rings. The molecule has 1 rings (SSSR count). The molecule has 0 spiro atoms. The quantitative estimate of drug-likeness (QED) is 0.623. The fraction of sp³-hybridized carbons (Fsp3) is 0.938. The third-order valence-corrected chi connectivity index (χ3v) is 4.49. The zero-order valence-electron chi connectivity index (χ0n) is 13.9. The van der Waals surface area contributed by atoms with Gasteiger partial charge in [0.1, 0.15) is 0 Å². The van der Waals surface area contributed by atoms with E-state index in [4.69, 9.17) is 9.47 Å². The number of esters is 1. The van der Waals surface area contributed by atoms with Crippen LogP contribution < -0.4 is 0 Å². The van der Waals surface area contributed by atoms with E-state index in [1.54, 1.807) is 6.92 Å². The van der Waals surface area contributed by atoms with E-state index in [0.29, 0.717) is 13.0 Å². The Morgan fingerprint density at radius 3 is 2.20 bits per heavy atom. The van der Waals surface area contributed by atoms with Crippen LogP contribution in [0.3, 0.4) is 0 Å². The van der Waals surface area contributed by atoms with Crippen LogP contribution in [0.1, 0.15) is 61.3 Å². The molecule has 1 heterocycles. The average Bonchev–Trinajstić information content (AvgIpc) is 2.60. The van der Waals surface area contributed by atoms with Gasteiger partial charge >= 0.3 is 5.97 Å². The van der Waals surface area contributed by atoms with Crippen molar-refractivity contribution < 1.29 is 19.4 Å². The molecule has 118 valence electrons. The van der Waals surface area contributed by atoms with Gasteiger partial charge < -0.3 is 14.6 Å². The fourth-order valence-corrected chi connectivity index (χ4v) is 3.00. The van der Waals surface area contributed by atoms with Gasteiger partial charge in [0, 0.05) is 11.8 Å². The number of ether oxygens (including phenoxy) is 2. The van der Waals surface area contributed by atoms with E-state index in [2.05, 4.69) is 34.6 Å². The number of hydrogen-bond donors (Lipinski definition) is 1. The van der Waals surface area contributed by atoms with E-state index in [1.165, 1.54) is 0 Å². The predicted molar refractivity (Wildman–Crippen MR) is 78.1 cm³/mol. The van der Waals surface area contributed by atoms with Crippen LogP contribution in [0, 0.1) is 16.7 Å². The van der Waals surface area contributed by atoms with Crippen molar-refractivity contribution in [2.75, 3.05) is 6.61 Å². The van der Waals surface area contributed by atoms with E-state index in [1.807, 2.05) is 6.92 Å². The molecule has 0 radical (unpaired) electrons. The molecular formula is C16H30O4. The van der Waals surface area contributed by atoms with E-state index >= 15 is 0 Å². The van der Waals surface area contributed by atoms with Crippen LogP contribution in [-0.4, -0.2) is 29.6 Å². The number of carbonyl (C=O) groups excluding carboxylic acids is 1. The van der Waals surface area contributed by atoms with Crippen LogP contribution in [0.4, 0.5) is 0 Å². The van der Waals surface area contributed by atoms with Gasteiger partial charge in [-0.3, -0.25) is 0 Å². The standard InChI is InChI=1S/C16H30O4/c1-11(2)15(6,10-14(3,4)5)16(7,18)20-12-8-9-19-13(12)17/h11-12,18H,8-10H2,1-7H3. The van der Waals surface area contributed by atoms with Crippen molar-refractivity contribution in [2.24, 2.45) is 16.7 Å². The molecule has 0 aromatic heterocycles. The Kier molecular flexibility index (Phi) is 4.92. The van der Waals surface area contributed by atoms with Crippen LogP contribution in [0.25, 0.3) is 0 Å². The summed E-state index contributed by atoms with van der Waals surface area (Å²) in [5.74, 6) is -1.52. The summed E-state index contributed by atoms with van der Waals surface area (Å²) in [6.45, 7) is 14.7. The lowest BCUT2D eigenvalue weighted by molar-refractivity contribution is -0.290. The molecule has 0 aromatic rings. The normalized spacial score (nSPS) is 26.2. The van der Waals surface area contributed by atoms with Gasteiger partial charge in [0.25, 0.3) is 0 Å². The third kappa shape index (κ3) is 3.73. The first kappa shape index (κ1) is 17.4. The van der Waals surface area contributed by atoms with Crippen molar-refractivity contribution in [2.45, 2.75) is 73.2 Å². The van der Waals surface area contributed by atoms with E-state index in [-0.39, 0.29) is 17.3 Å². The molecule has 0 bridgehead atoms. The van der Waals surface area contributed by atoms with Gasteiger partial charge in [-0.2, -0.15) is 0 Å². The van der Waals surface area contributed by atoms with Crippen LogP contribution in [0.2, 0.25) is 0 Å². The van der Waals surface area contributed by atoms with Crippen LogP contribution in [0.5, 0.6) is 0 Å².